The van der Waals surface area contributed by atoms with Crippen LogP contribution in [-0.2, 0) is 6.18 Å². The largest absolute Gasteiger partial charge is 0.488 e. The fraction of sp³-hybridized carbons (Fsp3) is 0.417. The third kappa shape index (κ3) is 3.17. The maximum atomic E-state index is 12.6. The molecule has 1 atom stereocenters. The highest BCUT2D eigenvalue weighted by Crippen LogP contribution is 2.33. The average molecular weight is 274 g/mol. The highest BCUT2D eigenvalue weighted by Gasteiger charge is 2.32. The number of ether oxygens (including phenoxy) is 1. The van der Waals surface area contributed by atoms with E-state index in [1.54, 1.807) is 0 Å². The fourth-order valence-electron chi connectivity index (χ4n) is 1.91. The van der Waals surface area contributed by atoms with Crippen molar-refractivity contribution in [3.05, 3.63) is 29.3 Å². The molecule has 19 heavy (non-hydrogen) atoms. The molecule has 1 fully saturated rings. The summed E-state index contributed by atoms with van der Waals surface area (Å²) in [6, 6.07) is 2.74. The molecule has 1 aromatic rings. The Kier molecular flexibility index (Phi) is 3.66. The first kappa shape index (κ1) is 13.7. The van der Waals surface area contributed by atoms with Crippen molar-refractivity contribution in [1.29, 1.82) is 0 Å². The molecule has 3 N–H and O–H groups in total. The Balaban J connectivity index is 2.29. The molecule has 4 nitrogen and oxygen atoms in total. The van der Waals surface area contributed by atoms with Crippen LogP contribution in [0, 0.1) is 0 Å². The molecule has 7 heteroatoms. The highest BCUT2D eigenvalue weighted by molar-refractivity contribution is 5.95. The zero-order valence-electron chi connectivity index (χ0n) is 9.96. The molecule has 0 bridgehead atoms. The van der Waals surface area contributed by atoms with Gasteiger partial charge in [0.25, 0.3) is 5.91 Å². The normalized spacial score (nSPS) is 19.4. The van der Waals surface area contributed by atoms with Crippen LogP contribution in [0.25, 0.3) is 0 Å². The molecular formula is C12H13F3N2O2. The van der Waals surface area contributed by atoms with Crippen LogP contribution in [0.5, 0.6) is 5.75 Å². The lowest BCUT2D eigenvalue weighted by molar-refractivity contribution is -0.137. The van der Waals surface area contributed by atoms with Crippen molar-refractivity contribution < 1.29 is 22.7 Å². The average Bonchev–Trinajstić information content (AvgIpc) is 2.80. The molecule has 0 radical (unpaired) electrons. The summed E-state index contributed by atoms with van der Waals surface area (Å²) in [5.41, 5.74) is 3.93. The summed E-state index contributed by atoms with van der Waals surface area (Å²) in [5, 5.41) is 3.06. The molecule has 1 unspecified atom stereocenters. The van der Waals surface area contributed by atoms with Crippen molar-refractivity contribution in [3.63, 3.8) is 0 Å². The van der Waals surface area contributed by atoms with Crippen LogP contribution in [-0.4, -0.2) is 25.1 Å². The number of halogens is 3. The summed E-state index contributed by atoms with van der Waals surface area (Å²) in [5.74, 6) is -0.846. The molecule has 1 saturated heterocycles. The lowest BCUT2D eigenvalue weighted by Gasteiger charge is -2.16. The Morgan fingerprint density at radius 3 is 2.68 bits per heavy atom. The molecule has 1 aliphatic heterocycles. The van der Waals surface area contributed by atoms with Crippen LogP contribution in [0.2, 0.25) is 0 Å². The summed E-state index contributed by atoms with van der Waals surface area (Å²) in [7, 11) is 0. The Morgan fingerprint density at radius 2 is 2.16 bits per heavy atom. The molecule has 1 aliphatic rings. The van der Waals surface area contributed by atoms with Crippen LogP contribution >= 0.6 is 0 Å². The van der Waals surface area contributed by atoms with Crippen molar-refractivity contribution in [1.82, 2.24) is 5.32 Å². The summed E-state index contributed by atoms with van der Waals surface area (Å²) >= 11 is 0. The molecule has 1 amide bonds. The van der Waals surface area contributed by atoms with Crippen molar-refractivity contribution >= 4 is 5.91 Å². The number of carbonyl (C=O) groups excluding carboxylic acids is 1. The number of nitrogens with one attached hydrogen (secondary N) is 1. The van der Waals surface area contributed by atoms with E-state index in [1.165, 1.54) is 0 Å². The Bertz CT molecular complexity index is 482. The van der Waals surface area contributed by atoms with Gasteiger partial charge < -0.3 is 15.8 Å². The van der Waals surface area contributed by atoms with Crippen LogP contribution in [0.3, 0.4) is 0 Å². The van der Waals surface area contributed by atoms with E-state index in [9.17, 15) is 18.0 Å². The Morgan fingerprint density at radius 1 is 1.42 bits per heavy atom. The predicted molar refractivity (Wildman–Crippen MR) is 61.9 cm³/mol. The third-order valence-electron chi connectivity index (χ3n) is 2.88. The minimum Gasteiger partial charge on any atom is -0.488 e. The first-order valence-electron chi connectivity index (χ1n) is 5.76. The van der Waals surface area contributed by atoms with Gasteiger partial charge in [0.1, 0.15) is 11.9 Å². The first-order valence-corrected chi connectivity index (χ1v) is 5.76. The minimum atomic E-state index is -4.52. The monoisotopic (exact) mass is 274 g/mol. The smallest absolute Gasteiger partial charge is 0.416 e. The molecule has 1 heterocycles. The predicted octanol–water partition coefficient (Wildman–Crippen LogP) is 1.54. The summed E-state index contributed by atoms with van der Waals surface area (Å²) < 4.78 is 43.2. The van der Waals surface area contributed by atoms with E-state index in [1.807, 2.05) is 0 Å². The summed E-state index contributed by atoms with van der Waals surface area (Å²) in [6.45, 7) is 1.37. The van der Waals surface area contributed by atoms with Crippen molar-refractivity contribution in [2.75, 3.05) is 13.1 Å². The lowest BCUT2D eigenvalue weighted by Crippen LogP contribution is -2.22. The van der Waals surface area contributed by atoms with E-state index in [2.05, 4.69) is 5.32 Å². The van der Waals surface area contributed by atoms with E-state index in [0.717, 1.165) is 31.2 Å². The second-order valence-corrected chi connectivity index (χ2v) is 4.31. The molecule has 0 aromatic heterocycles. The van der Waals surface area contributed by atoms with Gasteiger partial charge in [-0.2, -0.15) is 13.2 Å². The second-order valence-electron chi connectivity index (χ2n) is 4.31. The van der Waals surface area contributed by atoms with Gasteiger partial charge in [0.05, 0.1) is 11.1 Å². The van der Waals surface area contributed by atoms with E-state index in [4.69, 9.17) is 10.5 Å². The van der Waals surface area contributed by atoms with Crippen LogP contribution < -0.4 is 15.8 Å². The zero-order chi connectivity index (χ0) is 14.0. The summed E-state index contributed by atoms with van der Waals surface area (Å²) in [4.78, 5) is 11.2. The number of primary amides is 1. The maximum Gasteiger partial charge on any atom is 0.416 e. The molecule has 0 saturated carbocycles. The molecule has 2 rings (SSSR count). The molecule has 0 aliphatic carbocycles. The van der Waals surface area contributed by atoms with Crippen LogP contribution in [0.15, 0.2) is 18.2 Å². The number of carbonyl (C=O) groups is 1. The zero-order valence-corrected chi connectivity index (χ0v) is 9.96. The van der Waals surface area contributed by atoms with Crippen molar-refractivity contribution in [2.24, 2.45) is 5.73 Å². The second kappa shape index (κ2) is 5.08. The fourth-order valence-corrected chi connectivity index (χ4v) is 1.91. The van der Waals surface area contributed by atoms with Crippen molar-refractivity contribution in [3.8, 4) is 5.75 Å². The molecule has 104 valence electrons. The van der Waals surface area contributed by atoms with Gasteiger partial charge in [-0.05, 0) is 31.2 Å². The SMILES string of the molecule is NC(=O)c1cc(C(F)(F)F)ccc1OC1CCNC1. The topological polar surface area (TPSA) is 64.4 Å². The number of hydrogen-bond donors (Lipinski definition) is 2. The number of nitrogens with two attached hydrogens (primary N) is 1. The van der Waals surface area contributed by atoms with E-state index in [0.29, 0.717) is 6.54 Å². The molecule has 0 spiro atoms. The first-order chi connectivity index (χ1) is 8.88. The number of amides is 1. The summed E-state index contributed by atoms with van der Waals surface area (Å²) in [6.07, 6.45) is -3.94. The van der Waals surface area contributed by atoms with Gasteiger partial charge in [-0.25, -0.2) is 0 Å². The number of rotatable bonds is 3. The molecular weight excluding hydrogens is 261 g/mol. The van der Waals surface area contributed by atoms with Gasteiger partial charge >= 0.3 is 6.18 Å². The van der Waals surface area contributed by atoms with Gasteiger partial charge in [0.15, 0.2) is 0 Å². The van der Waals surface area contributed by atoms with E-state index in [-0.39, 0.29) is 17.4 Å². The van der Waals surface area contributed by atoms with Gasteiger partial charge in [0.2, 0.25) is 0 Å². The molecule has 1 aromatic carbocycles. The third-order valence-corrected chi connectivity index (χ3v) is 2.88. The van der Waals surface area contributed by atoms with Crippen molar-refractivity contribution in [2.45, 2.75) is 18.7 Å². The maximum absolute atomic E-state index is 12.6. The number of alkyl halides is 3. The van der Waals surface area contributed by atoms with Gasteiger partial charge in [-0.3, -0.25) is 4.79 Å². The lowest BCUT2D eigenvalue weighted by atomic mass is 10.1. The van der Waals surface area contributed by atoms with Crippen LogP contribution in [0.1, 0.15) is 22.3 Å². The minimum absolute atomic E-state index is 0.0919. The van der Waals surface area contributed by atoms with Gasteiger partial charge in [0, 0.05) is 6.54 Å². The standard InChI is InChI=1S/C12H13F3N2O2/c13-12(14,15)7-1-2-10(9(5-7)11(16)18)19-8-3-4-17-6-8/h1-2,5,8,17H,3-4,6H2,(H2,16,18). The Labute approximate surface area is 107 Å². The van der Waals surface area contributed by atoms with E-state index >= 15 is 0 Å². The van der Waals surface area contributed by atoms with Gasteiger partial charge in [-0.1, -0.05) is 0 Å². The quantitative estimate of drug-likeness (QED) is 0.879. The van der Waals surface area contributed by atoms with Gasteiger partial charge in [-0.15, -0.1) is 0 Å². The number of benzene rings is 1. The van der Waals surface area contributed by atoms with E-state index < -0.39 is 17.6 Å². The van der Waals surface area contributed by atoms with Crippen LogP contribution in [0.4, 0.5) is 13.2 Å². The highest BCUT2D eigenvalue weighted by atomic mass is 19.4. The number of hydrogen-bond acceptors (Lipinski definition) is 3. The Hall–Kier alpha value is -1.76.